The Morgan fingerprint density at radius 2 is 2.06 bits per heavy atom. The van der Waals surface area contributed by atoms with Gasteiger partial charge in [-0.1, -0.05) is 24.6 Å². The second kappa shape index (κ2) is 9.49. The van der Waals surface area contributed by atoms with E-state index in [-0.39, 0.29) is 12.5 Å². The first-order chi connectivity index (χ1) is 15.7. The van der Waals surface area contributed by atoms with Crippen LogP contribution in [-0.2, 0) is 24.1 Å². The second-order valence-corrected chi connectivity index (χ2v) is 9.49. The molecule has 1 fully saturated rings. The number of unbranched alkanes of at least 4 members (excludes halogenated alkanes) is 1. The number of likely N-dealkylation sites (tertiary alicyclic amines) is 1. The molecule has 1 atom stereocenters. The minimum Gasteiger partial charge on any atom is -0.493 e. The minimum atomic E-state index is -0.744. The van der Waals surface area contributed by atoms with Crippen molar-refractivity contribution < 1.29 is 14.6 Å². The van der Waals surface area contributed by atoms with Gasteiger partial charge in [-0.15, -0.1) is 0 Å². The molecule has 3 aliphatic heterocycles. The Labute approximate surface area is 190 Å². The molecule has 0 spiro atoms. The summed E-state index contributed by atoms with van der Waals surface area (Å²) in [5.41, 5.74) is 4.83. The van der Waals surface area contributed by atoms with Gasteiger partial charge in [0, 0.05) is 37.8 Å². The standard InChI is InChI=1S/C26H33N3O3/c30-25(31)15-23(21-8-7-19-11-13-32-24(19)14-21)29-16-18(17-29)4-1-2-6-22-10-9-20-5-3-12-27-26(20)28-22/h7-10,14,18,23H,1-6,11-13,15-17H2,(H,27,28)(H,30,31). The summed E-state index contributed by atoms with van der Waals surface area (Å²) in [5.74, 6) is 1.94. The quantitative estimate of drug-likeness (QED) is 0.574. The van der Waals surface area contributed by atoms with E-state index in [1.165, 1.54) is 36.1 Å². The highest BCUT2D eigenvalue weighted by molar-refractivity contribution is 5.68. The smallest absolute Gasteiger partial charge is 0.305 e. The van der Waals surface area contributed by atoms with E-state index in [2.05, 4.69) is 40.5 Å². The molecule has 1 unspecified atom stereocenters. The fraction of sp³-hybridized carbons (Fsp3) is 0.538. The molecule has 1 aromatic carbocycles. The van der Waals surface area contributed by atoms with Crippen molar-refractivity contribution >= 4 is 11.8 Å². The van der Waals surface area contributed by atoms with Gasteiger partial charge < -0.3 is 15.2 Å². The van der Waals surface area contributed by atoms with Gasteiger partial charge in [0.1, 0.15) is 11.6 Å². The second-order valence-electron chi connectivity index (χ2n) is 9.49. The Morgan fingerprint density at radius 3 is 2.94 bits per heavy atom. The van der Waals surface area contributed by atoms with Gasteiger partial charge in [-0.3, -0.25) is 9.69 Å². The first kappa shape index (κ1) is 21.3. The predicted molar refractivity (Wildman–Crippen MR) is 124 cm³/mol. The highest BCUT2D eigenvalue weighted by Crippen LogP contribution is 2.36. The van der Waals surface area contributed by atoms with Crippen LogP contribution in [0.1, 0.15) is 60.5 Å². The highest BCUT2D eigenvalue weighted by Gasteiger charge is 2.34. The van der Waals surface area contributed by atoms with Crippen LogP contribution in [0.3, 0.4) is 0 Å². The first-order valence-corrected chi connectivity index (χ1v) is 12.1. The molecule has 1 saturated heterocycles. The van der Waals surface area contributed by atoms with E-state index in [0.717, 1.165) is 69.1 Å². The maximum absolute atomic E-state index is 11.5. The molecular formula is C26H33N3O3. The van der Waals surface area contributed by atoms with Gasteiger partial charge in [-0.05, 0) is 66.8 Å². The van der Waals surface area contributed by atoms with Crippen LogP contribution in [0.2, 0.25) is 0 Å². The Bertz CT molecular complexity index is 971. The van der Waals surface area contributed by atoms with Crippen LogP contribution in [0.15, 0.2) is 30.3 Å². The van der Waals surface area contributed by atoms with Crippen LogP contribution in [-0.4, -0.2) is 47.2 Å². The number of aliphatic carboxylic acids is 1. The lowest BCUT2D eigenvalue weighted by molar-refractivity contribution is -0.139. The lowest BCUT2D eigenvalue weighted by Gasteiger charge is -2.44. The van der Waals surface area contributed by atoms with Gasteiger partial charge in [0.2, 0.25) is 0 Å². The lowest BCUT2D eigenvalue weighted by Crippen LogP contribution is -2.48. The van der Waals surface area contributed by atoms with E-state index < -0.39 is 5.97 Å². The number of rotatable bonds is 9. The van der Waals surface area contributed by atoms with E-state index in [4.69, 9.17) is 9.72 Å². The van der Waals surface area contributed by atoms with Crippen molar-refractivity contribution in [3.63, 3.8) is 0 Å². The van der Waals surface area contributed by atoms with Gasteiger partial charge in [0.15, 0.2) is 0 Å². The third-order valence-electron chi connectivity index (χ3n) is 7.15. The van der Waals surface area contributed by atoms with Crippen molar-refractivity contribution in [2.24, 2.45) is 5.92 Å². The third-order valence-corrected chi connectivity index (χ3v) is 7.15. The monoisotopic (exact) mass is 435 g/mol. The summed E-state index contributed by atoms with van der Waals surface area (Å²) in [6, 6.07) is 10.6. The number of ether oxygens (including phenoxy) is 1. The number of carbonyl (C=O) groups is 1. The molecule has 1 aromatic heterocycles. The van der Waals surface area contributed by atoms with Crippen molar-refractivity contribution in [3.8, 4) is 5.75 Å². The maximum Gasteiger partial charge on any atom is 0.305 e. The number of hydrogen-bond acceptors (Lipinski definition) is 5. The molecule has 170 valence electrons. The van der Waals surface area contributed by atoms with Crippen LogP contribution in [0.4, 0.5) is 5.82 Å². The number of anilines is 1. The van der Waals surface area contributed by atoms with E-state index >= 15 is 0 Å². The number of carboxylic acids is 1. The molecule has 6 nitrogen and oxygen atoms in total. The zero-order chi connectivity index (χ0) is 21.9. The van der Waals surface area contributed by atoms with Gasteiger partial charge in [0.05, 0.1) is 13.0 Å². The number of nitrogens with one attached hydrogen (secondary N) is 1. The molecule has 3 aliphatic rings. The average Bonchev–Trinajstić information content (AvgIpc) is 3.24. The summed E-state index contributed by atoms with van der Waals surface area (Å²) in [4.78, 5) is 18.6. The Balaban J connectivity index is 1.09. The highest BCUT2D eigenvalue weighted by atomic mass is 16.5. The van der Waals surface area contributed by atoms with Crippen LogP contribution >= 0.6 is 0 Å². The number of benzene rings is 1. The molecular weight excluding hydrogens is 402 g/mol. The number of carboxylic acid groups (broad SMARTS) is 1. The SMILES string of the molecule is O=C(O)CC(c1ccc2c(c1)OCC2)N1CC(CCCCc2ccc3c(n2)NCCC3)C1. The van der Waals surface area contributed by atoms with E-state index in [1.807, 2.05) is 0 Å². The summed E-state index contributed by atoms with van der Waals surface area (Å²) < 4.78 is 5.70. The number of aromatic nitrogens is 1. The largest absolute Gasteiger partial charge is 0.493 e. The summed E-state index contributed by atoms with van der Waals surface area (Å²) in [7, 11) is 0. The number of nitrogens with zero attached hydrogens (tertiary/aromatic N) is 2. The fourth-order valence-electron chi connectivity index (χ4n) is 5.31. The van der Waals surface area contributed by atoms with Crippen LogP contribution in [0.5, 0.6) is 5.75 Å². The zero-order valence-electron chi connectivity index (χ0n) is 18.7. The average molecular weight is 436 g/mol. The normalized spacial score (nSPS) is 18.8. The van der Waals surface area contributed by atoms with E-state index in [1.54, 1.807) is 0 Å². The summed E-state index contributed by atoms with van der Waals surface area (Å²) in [5, 5.41) is 12.9. The first-order valence-electron chi connectivity index (χ1n) is 12.1. The number of fused-ring (bicyclic) bond motifs is 2. The number of pyridine rings is 1. The Kier molecular flexibility index (Phi) is 6.30. The molecule has 0 amide bonds. The van der Waals surface area contributed by atoms with Crippen LogP contribution in [0, 0.1) is 5.92 Å². The molecule has 5 rings (SSSR count). The van der Waals surface area contributed by atoms with Crippen molar-refractivity contribution in [2.75, 3.05) is 31.6 Å². The minimum absolute atomic E-state index is 0.0644. The van der Waals surface area contributed by atoms with Crippen LogP contribution < -0.4 is 10.1 Å². The number of aryl methyl sites for hydroxylation is 2. The summed E-state index contributed by atoms with van der Waals surface area (Å²) in [6.07, 6.45) is 8.00. The molecule has 0 bridgehead atoms. The fourth-order valence-corrected chi connectivity index (χ4v) is 5.31. The van der Waals surface area contributed by atoms with E-state index in [0.29, 0.717) is 5.92 Å². The third kappa shape index (κ3) is 4.75. The van der Waals surface area contributed by atoms with Gasteiger partial charge >= 0.3 is 5.97 Å². The van der Waals surface area contributed by atoms with Crippen molar-refractivity contribution in [2.45, 2.75) is 57.4 Å². The van der Waals surface area contributed by atoms with Gasteiger partial charge in [-0.2, -0.15) is 0 Å². The number of hydrogen-bond donors (Lipinski definition) is 2. The maximum atomic E-state index is 11.5. The topological polar surface area (TPSA) is 74.7 Å². The molecule has 0 saturated carbocycles. The molecule has 32 heavy (non-hydrogen) atoms. The zero-order valence-corrected chi connectivity index (χ0v) is 18.7. The molecule has 2 N–H and O–H groups in total. The Morgan fingerprint density at radius 1 is 1.19 bits per heavy atom. The van der Waals surface area contributed by atoms with Crippen molar-refractivity contribution in [1.29, 1.82) is 0 Å². The van der Waals surface area contributed by atoms with Crippen molar-refractivity contribution in [3.05, 3.63) is 52.7 Å². The molecule has 0 aliphatic carbocycles. The molecule has 6 heteroatoms. The molecule has 0 radical (unpaired) electrons. The summed E-state index contributed by atoms with van der Waals surface area (Å²) in [6.45, 7) is 3.72. The van der Waals surface area contributed by atoms with E-state index in [9.17, 15) is 9.90 Å². The predicted octanol–water partition coefficient (Wildman–Crippen LogP) is 4.24. The van der Waals surface area contributed by atoms with Crippen LogP contribution in [0.25, 0.3) is 0 Å². The molecule has 4 heterocycles. The van der Waals surface area contributed by atoms with Gasteiger partial charge in [-0.25, -0.2) is 4.98 Å². The Hall–Kier alpha value is -2.60. The van der Waals surface area contributed by atoms with Crippen molar-refractivity contribution in [1.82, 2.24) is 9.88 Å². The lowest BCUT2D eigenvalue weighted by atomic mass is 9.88. The molecule has 2 aromatic rings. The summed E-state index contributed by atoms with van der Waals surface area (Å²) >= 11 is 0. The van der Waals surface area contributed by atoms with Gasteiger partial charge in [0.25, 0.3) is 0 Å².